The molecule has 2 aromatic rings. The Morgan fingerprint density at radius 1 is 1.18 bits per heavy atom. The molecule has 0 aliphatic rings. The van der Waals surface area contributed by atoms with Gasteiger partial charge in [0.05, 0.1) is 5.56 Å². The zero-order valence-electron chi connectivity index (χ0n) is 12.8. The molecule has 2 N–H and O–H groups in total. The minimum absolute atomic E-state index is 0.143. The van der Waals surface area contributed by atoms with Crippen molar-refractivity contribution in [2.75, 3.05) is 11.9 Å². The van der Waals surface area contributed by atoms with Gasteiger partial charge in [-0.05, 0) is 18.1 Å². The fourth-order valence-electron chi connectivity index (χ4n) is 2.03. The molecule has 22 heavy (non-hydrogen) atoms. The number of amides is 2. The predicted molar refractivity (Wildman–Crippen MR) is 91.3 cm³/mol. The van der Waals surface area contributed by atoms with Gasteiger partial charge < -0.3 is 10.6 Å². The highest BCUT2D eigenvalue weighted by Crippen LogP contribution is 2.35. The first-order chi connectivity index (χ1) is 10.6. The van der Waals surface area contributed by atoms with Crippen LogP contribution in [0.1, 0.15) is 37.0 Å². The molecule has 0 radical (unpaired) electrons. The average Bonchev–Trinajstić information content (AvgIpc) is 2.91. The molecule has 0 fully saturated rings. The van der Waals surface area contributed by atoms with Crippen LogP contribution in [0.4, 0.5) is 5.00 Å². The molecule has 0 aliphatic carbocycles. The van der Waals surface area contributed by atoms with Crippen molar-refractivity contribution in [1.82, 2.24) is 5.32 Å². The van der Waals surface area contributed by atoms with Crippen molar-refractivity contribution in [1.29, 1.82) is 0 Å². The number of hydrogen-bond acceptors (Lipinski definition) is 3. The van der Waals surface area contributed by atoms with Crippen LogP contribution in [-0.2, 0) is 4.79 Å². The SMILES string of the molecule is CCCCNC(=O)c1cc(-c2ccccc2)sc1NC(C)=O. The third-order valence-corrected chi connectivity index (χ3v) is 4.24. The summed E-state index contributed by atoms with van der Waals surface area (Å²) in [5, 5.41) is 6.25. The lowest BCUT2D eigenvalue weighted by Gasteiger charge is -2.05. The molecule has 0 saturated heterocycles. The molecule has 0 saturated carbocycles. The standard InChI is InChI=1S/C17H20N2O2S/c1-3-4-10-18-16(21)14-11-15(13-8-6-5-7-9-13)22-17(14)19-12(2)20/h5-9,11H,3-4,10H2,1-2H3,(H,18,21)(H,19,20). The Labute approximate surface area is 134 Å². The number of anilines is 1. The van der Waals surface area contributed by atoms with Gasteiger partial charge in [0.2, 0.25) is 5.91 Å². The Bertz CT molecular complexity index is 650. The van der Waals surface area contributed by atoms with Crippen LogP contribution in [0.15, 0.2) is 36.4 Å². The lowest BCUT2D eigenvalue weighted by atomic mass is 10.1. The van der Waals surface area contributed by atoms with Gasteiger partial charge >= 0.3 is 0 Å². The second-order valence-corrected chi connectivity index (χ2v) is 6.06. The highest BCUT2D eigenvalue weighted by atomic mass is 32.1. The van der Waals surface area contributed by atoms with Gasteiger partial charge in [0.25, 0.3) is 5.91 Å². The summed E-state index contributed by atoms with van der Waals surface area (Å²) in [7, 11) is 0. The molecular weight excluding hydrogens is 296 g/mol. The van der Waals surface area contributed by atoms with Crippen molar-refractivity contribution in [3.8, 4) is 10.4 Å². The molecule has 0 bridgehead atoms. The van der Waals surface area contributed by atoms with Crippen molar-refractivity contribution >= 4 is 28.2 Å². The topological polar surface area (TPSA) is 58.2 Å². The first kappa shape index (κ1) is 16.2. The lowest BCUT2D eigenvalue weighted by Crippen LogP contribution is -2.25. The van der Waals surface area contributed by atoms with Crippen molar-refractivity contribution in [2.45, 2.75) is 26.7 Å². The maximum atomic E-state index is 12.3. The maximum absolute atomic E-state index is 12.3. The summed E-state index contributed by atoms with van der Waals surface area (Å²) >= 11 is 1.42. The summed E-state index contributed by atoms with van der Waals surface area (Å²) in [5.74, 6) is -0.320. The minimum Gasteiger partial charge on any atom is -0.352 e. The molecule has 116 valence electrons. The number of nitrogens with one attached hydrogen (secondary N) is 2. The van der Waals surface area contributed by atoms with Crippen molar-refractivity contribution < 1.29 is 9.59 Å². The second-order valence-electron chi connectivity index (χ2n) is 5.01. The van der Waals surface area contributed by atoms with Crippen LogP contribution < -0.4 is 10.6 Å². The summed E-state index contributed by atoms with van der Waals surface area (Å²) in [6, 6.07) is 11.7. The zero-order chi connectivity index (χ0) is 15.9. The van der Waals surface area contributed by atoms with Crippen LogP contribution in [-0.4, -0.2) is 18.4 Å². The van der Waals surface area contributed by atoms with Crippen molar-refractivity contribution in [3.63, 3.8) is 0 Å². The van der Waals surface area contributed by atoms with Gasteiger partial charge in [-0.15, -0.1) is 11.3 Å². The van der Waals surface area contributed by atoms with E-state index in [-0.39, 0.29) is 11.8 Å². The zero-order valence-corrected chi connectivity index (χ0v) is 13.6. The van der Waals surface area contributed by atoms with E-state index in [4.69, 9.17) is 0 Å². The van der Waals surface area contributed by atoms with E-state index >= 15 is 0 Å². The molecule has 2 amide bonds. The quantitative estimate of drug-likeness (QED) is 0.794. The molecular formula is C17H20N2O2S. The van der Waals surface area contributed by atoms with Gasteiger partial charge in [-0.3, -0.25) is 9.59 Å². The highest BCUT2D eigenvalue weighted by Gasteiger charge is 2.17. The molecule has 4 nitrogen and oxygen atoms in total. The number of unbranched alkanes of at least 4 members (excludes halogenated alkanes) is 1. The average molecular weight is 316 g/mol. The third kappa shape index (κ3) is 4.18. The fourth-order valence-corrected chi connectivity index (χ4v) is 3.14. The van der Waals surface area contributed by atoms with E-state index < -0.39 is 0 Å². The van der Waals surface area contributed by atoms with E-state index in [0.717, 1.165) is 23.3 Å². The summed E-state index contributed by atoms with van der Waals surface area (Å²) in [5.41, 5.74) is 1.56. The molecule has 0 unspecified atom stereocenters. The van der Waals surface area contributed by atoms with Gasteiger partial charge in [0.15, 0.2) is 0 Å². The molecule has 1 aromatic carbocycles. The molecule has 1 aromatic heterocycles. The van der Waals surface area contributed by atoms with E-state index in [9.17, 15) is 9.59 Å². The van der Waals surface area contributed by atoms with Crippen LogP contribution in [0.25, 0.3) is 10.4 Å². The Morgan fingerprint density at radius 3 is 2.55 bits per heavy atom. The molecule has 0 aliphatic heterocycles. The van der Waals surface area contributed by atoms with Crippen molar-refractivity contribution in [3.05, 3.63) is 42.0 Å². The lowest BCUT2D eigenvalue weighted by molar-refractivity contribution is -0.114. The van der Waals surface area contributed by atoms with E-state index in [1.165, 1.54) is 18.3 Å². The minimum atomic E-state index is -0.177. The number of hydrogen-bond donors (Lipinski definition) is 2. The normalized spacial score (nSPS) is 10.3. The number of thiophene rings is 1. The van der Waals surface area contributed by atoms with Gasteiger partial charge in [0.1, 0.15) is 5.00 Å². The first-order valence-corrected chi connectivity index (χ1v) is 8.18. The largest absolute Gasteiger partial charge is 0.352 e. The van der Waals surface area contributed by atoms with Crippen LogP contribution in [0.5, 0.6) is 0 Å². The molecule has 0 atom stereocenters. The maximum Gasteiger partial charge on any atom is 0.254 e. The number of benzene rings is 1. The smallest absolute Gasteiger partial charge is 0.254 e. The van der Waals surface area contributed by atoms with E-state index in [0.29, 0.717) is 17.1 Å². The van der Waals surface area contributed by atoms with Crippen LogP contribution in [0.3, 0.4) is 0 Å². The fraction of sp³-hybridized carbons (Fsp3) is 0.294. The van der Waals surface area contributed by atoms with Crippen LogP contribution in [0, 0.1) is 0 Å². The van der Waals surface area contributed by atoms with E-state index in [2.05, 4.69) is 17.6 Å². The van der Waals surface area contributed by atoms with Gasteiger partial charge in [-0.25, -0.2) is 0 Å². The molecule has 5 heteroatoms. The van der Waals surface area contributed by atoms with Crippen LogP contribution >= 0.6 is 11.3 Å². The monoisotopic (exact) mass is 316 g/mol. The van der Waals surface area contributed by atoms with Crippen molar-refractivity contribution in [2.24, 2.45) is 0 Å². The van der Waals surface area contributed by atoms with E-state index in [1.807, 2.05) is 36.4 Å². The summed E-state index contributed by atoms with van der Waals surface area (Å²) in [6.45, 7) is 4.17. The second kappa shape index (κ2) is 7.75. The van der Waals surface area contributed by atoms with Gasteiger partial charge in [-0.1, -0.05) is 43.7 Å². The molecule has 2 rings (SSSR count). The van der Waals surface area contributed by atoms with Crippen LogP contribution in [0.2, 0.25) is 0 Å². The molecule has 1 heterocycles. The Kier molecular flexibility index (Phi) is 5.72. The highest BCUT2D eigenvalue weighted by molar-refractivity contribution is 7.20. The summed E-state index contributed by atoms with van der Waals surface area (Å²) in [6.07, 6.45) is 1.97. The third-order valence-electron chi connectivity index (χ3n) is 3.14. The molecule has 0 spiro atoms. The van der Waals surface area contributed by atoms with E-state index in [1.54, 1.807) is 0 Å². The Morgan fingerprint density at radius 2 is 1.91 bits per heavy atom. The predicted octanol–water partition coefficient (Wildman–Crippen LogP) is 3.90. The number of carbonyl (C=O) groups excluding carboxylic acids is 2. The first-order valence-electron chi connectivity index (χ1n) is 7.37. The number of carbonyl (C=O) groups is 2. The Hall–Kier alpha value is -2.14. The Balaban J connectivity index is 2.28. The summed E-state index contributed by atoms with van der Waals surface area (Å²) < 4.78 is 0. The summed E-state index contributed by atoms with van der Waals surface area (Å²) in [4.78, 5) is 24.6. The number of rotatable bonds is 6. The van der Waals surface area contributed by atoms with Gasteiger partial charge in [-0.2, -0.15) is 0 Å². The van der Waals surface area contributed by atoms with Gasteiger partial charge in [0, 0.05) is 18.3 Å².